The first-order valence-corrected chi connectivity index (χ1v) is 6.70. The second-order valence-electron chi connectivity index (χ2n) is 4.96. The fraction of sp³-hybridized carbons (Fsp3) is 0.400. The highest BCUT2D eigenvalue weighted by Crippen LogP contribution is 2.32. The Labute approximate surface area is 118 Å². The lowest BCUT2D eigenvalue weighted by Crippen LogP contribution is -2.43. The van der Waals surface area contributed by atoms with Gasteiger partial charge in [-0.25, -0.2) is 4.79 Å². The Kier molecular flexibility index (Phi) is 3.88. The van der Waals surface area contributed by atoms with Crippen LogP contribution in [0.4, 0.5) is 4.79 Å². The average Bonchev–Trinajstić information content (AvgIpc) is 2.69. The predicted molar refractivity (Wildman–Crippen MR) is 74.0 cm³/mol. The molecule has 1 aliphatic heterocycles. The highest BCUT2D eigenvalue weighted by molar-refractivity contribution is 6.07. The molecule has 1 N–H and O–H groups in total. The Morgan fingerprint density at radius 3 is 2.45 bits per heavy atom. The molecular weight excluding hydrogens is 256 g/mol. The molecule has 1 heterocycles. The van der Waals surface area contributed by atoms with E-state index in [9.17, 15) is 14.4 Å². The number of nitrogens with zero attached hydrogens (tertiary/aromatic N) is 1. The Hall–Kier alpha value is -2.17. The summed E-state index contributed by atoms with van der Waals surface area (Å²) in [6.45, 7) is 3.44. The second kappa shape index (κ2) is 5.45. The van der Waals surface area contributed by atoms with E-state index in [-0.39, 0.29) is 24.7 Å². The molecule has 5 nitrogen and oxygen atoms in total. The summed E-state index contributed by atoms with van der Waals surface area (Å²) in [5.74, 6) is -0.322. The van der Waals surface area contributed by atoms with E-state index in [1.165, 1.54) is 6.92 Å². The first-order chi connectivity index (χ1) is 9.51. The van der Waals surface area contributed by atoms with Crippen molar-refractivity contribution in [2.75, 3.05) is 6.54 Å². The van der Waals surface area contributed by atoms with Crippen molar-refractivity contribution in [2.24, 2.45) is 0 Å². The third-order valence-electron chi connectivity index (χ3n) is 3.66. The Balaban J connectivity index is 2.31. The Morgan fingerprint density at radius 2 is 1.90 bits per heavy atom. The molecule has 1 aliphatic rings. The molecular formula is C15H18N2O3. The third-order valence-corrected chi connectivity index (χ3v) is 3.66. The van der Waals surface area contributed by atoms with E-state index in [2.05, 4.69) is 5.32 Å². The molecule has 0 bridgehead atoms. The maximum Gasteiger partial charge on any atom is 0.325 e. The molecule has 1 aromatic rings. The molecule has 1 atom stereocenters. The van der Waals surface area contributed by atoms with Crippen LogP contribution in [0.1, 0.15) is 32.3 Å². The number of rotatable bonds is 5. The summed E-state index contributed by atoms with van der Waals surface area (Å²) in [7, 11) is 0. The molecule has 0 saturated carbocycles. The zero-order valence-electron chi connectivity index (χ0n) is 11.7. The standard InChI is InChI=1S/C15H18N2O3/c1-3-15(12-7-5-4-6-8-12)13(19)17(14(20)16-15)10-9-11(2)18/h4-8H,3,9-10H2,1-2H3,(H,16,20)/t15-/m0/s1. The number of benzene rings is 1. The van der Waals surface area contributed by atoms with Gasteiger partial charge in [-0.2, -0.15) is 0 Å². The second-order valence-corrected chi connectivity index (χ2v) is 4.96. The van der Waals surface area contributed by atoms with E-state index < -0.39 is 11.6 Å². The van der Waals surface area contributed by atoms with Crippen molar-refractivity contribution in [3.8, 4) is 0 Å². The van der Waals surface area contributed by atoms with E-state index in [0.717, 1.165) is 10.5 Å². The van der Waals surface area contributed by atoms with Crippen LogP contribution in [-0.2, 0) is 15.1 Å². The minimum absolute atomic E-state index is 0.0423. The molecule has 0 radical (unpaired) electrons. The van der Waals surface area contributed by atoms with Gasteiger partial charge in [0.05, 0.1) is 0 Å². The lowest BCUT2D eigenvalue weighted by atomic mass is 9.87. The van der Waals surface area contributed by atoms with Crippen LogP contribution in [0.3, 0.4) is 0 Å². The summed E-state index contributed by atoms with van der Waals surface area (Å²) in [4.78, 5) is 36.8. The van der Waals surface area contributed by atoms with E-state index >= 15 is 0 Å². The molecule has 106 valence electrons. The van der Waals surface area contributed by atoms with Crippen molar-refractivity contribution in [3.05, 3.63) is 35.9 Å². The number of hydrogen-bond acceptors (Lipinski definition) is 3. The summed E-state index contributed by atoms with van der Waals surface area (Å²) in [6, 6.07) is 8.77. The predicted octanol–water partition coefficient (Wildman–Crippen LogP) is 1.82. The molecule has 1 saturated heterocycles. The number of urea groups is 1. The topological polar surface area (TPSA) is 66.5 Å². The van der Waals surface area contributed by atoms with E-state index in [0.29, 0.717) is 6.42 Å². The third kappa shape index (κ3) is 2.31. The molecule has 0 aromatic heterocycles. The Morgan fingerprint density at radius 1 is 1.25 bits per heavy atom. The fourth-order valence-electron chi connectivity index (χ4n) is 2.46. The first-order valence-electron chi connectivity index (χ1n) is 6.70. The molecule has 5 heteroatoms. The molecule has 1 fully saturated rings. The summed E-state index contributed by atoms with van der Waals surface area (Å²) in [6.07, 6.45) is 0.659. The van der Waals surface area contributed by atoms with Crippen molar-refractivity contribution >= 4 is 17.7 Å². The van der Waals surface area contributed by atoms with Crippen LogP contribution < -0.4 is 5.32 Å². The average molecular weight is 274 g/mol. The van der Waals surface area contributed by atoms with Gasteiger partial charge in [0.2, 0.25) is 0 Å². The lowest BCUT2D eigenvalue weighted by molar-refractivity contribution is -0.132. The van der Waals surface area contributed by atoms with Crippen molar-refractivity contribution in [1.82, 2.24) is 10.2 Å². The summed E-state index contributed by atoms with van der Waals surface area (Å²) < 4.78 is 0. The molecule has 0 unspecified atom stereocenters. The smallest absolute Gasteiger partial charge is 0.319 e. The van der Waals surface area contributed by atoms with Crippen LogP contribution in [0.2, 0.25) is 0 Å². The van der Waals surface area contributed by atoms with Crippen LogP contribution in [-0.4, -0.2) is 29.2 Å². The number of ketones is 1. The van der Waals surface area contributed by atoms with Crippen LogP contribution in [0.25, 0.3) is 0 Å². The van der Waals surface area contributed by atoms with Crippen molar-refractivity contribution < 1.29 is 14.4 Å². The monoisotopic (exact) mass is 274 g/mol. The van der Waals surface area contributed by atoms with Crippen LogP contribution in [0.15, 0.2) is 30.3 Å². The Bertz CT molecular complexity index is 541. The van der Waals surface area contributed by atoms with Gasteiger partial charge in [0.25, 0.3) is 5.91 Å². The van der Waals surface area contributed by atoms with Crippen LogP contribution >= 0.6 is 0 Å². The van der Waals surface area contributed by atoms with Gasteiger partial charge in [0.1, 0.15) is 11.3 Å². The van der Waals surface area contributed by atoms with E-state index in [1.54, 1.807) is 0 Å². The van der Waals surface area contributed by atoms with Gasteiger partial charge in [0, 0.05) is 13.0 Å². The quantitative estimate of drug-likeness (QED) is 0.833. The number of carbonyl (C=O) groups is 3. The normalized spacial score (nSPS) is 22.0. The van der Waals surface area contributed by atoms with Crippen LogP contribution in [0, 0.1) is 0 Å². The fourth-order valence-corrected chi connectivity index (χ4v) is 2.46. The van der Waals surface area contributed by atoms with Crippen LogP contribution in [0.5, 0.6) is 0 Å². The number of imide groups is 1. The van der Waals surface area contributed by atoms with Gasteiger partial charge in [0.15, 0.2) is 0 Å². The van der Waals surface area contributed by atoms with E-state index in [4.69, 9.17) is 0 Å². The number of nitrogens with one attached hydrogen (secondary N) is 1. The van der Waals surface area contributed by atoms with Crippen molar-refractivity contribution in [1.29, 1.82) is 0 Å². The first kappa shape index (κ1) is 14.2. The van der Waals surface area contributed by atoms with Gasteiger partial charge in [-0.3, -0.25) is 14.5 Å². The number of carbonyl (C=O) groups excluding carboxylic acids is 3. The minimum atomic E-state index is -1.00. The summed E-state index contributed by atoms with van der Waals surface area (Å²) >= 11 is 0. The summed E-state index contributed by atoms with van der Waals surface area (Å²) in [5.41, 5.74) is -0.235. The minimum Gasteiger partial charge on any atom is -0.319 e. The van der Waals surface area contributed by atoms with Gasteiger partial charge in [-0.1, -0.05) is 37.3 Å². The highest BCUT2D eigenvalue weighted by atomic mass is 16.2. The molecule has 0 aliphatic carbocycles. The molecule has 1 aromatic carbocycles. The number of hydrogen-bond donors (Lipinski definition) is 1. The maximum absolute atomic E-state index is 12.6. The lowest BCUT2D eigenvalue weighted by Gasteiger charge is -2.25. The number of Topliss-reactive ketones (excluding diaryl/α,β-unsaturated/α-hetero) is 1. The van der Waals surface area contributed by atoms with Gasteiger partial charge < -0.3 is 5.32 Å². The SMILES string of the molecule is CC[C@@]1(c2ccccc2)NC(=O)N(CCC(C)=O)C1=O. The molecule has 2 rings (SSSR count). The van der Waals surface area contributed by atoms with E-state index in [1.807, 2.05) is 37.3 Å². The van der Waals surface area contributed by atoms with Crippen molar-refractivity contribution in [3.63, 3.8) is 0 Å². The maximum atomic E-state index is 12.6. The van der Waals surface area contributed by atoms with Gasteiger partial charge in [-0.05, 0) is 18.9 Å². The summed E-state index contributed by atoms with van der Waals surface area (Å²) in [5, 5.41) is 2.78. The molecule has 20 heavy (non-hydrogen) atoms. The zero-order valence-corrected chi connectivity index (χ0v) is 11.7. The molecule has 3 amide bonds. The van der Waals surface area contributed by atoms with Crippen molar-refractivity contribution in [2.45, 2.75) is 32.2 Å². The molecule has 0 spiro atoms. The number of amides is 3. The van der Waals surface area contributed by atoms with Gasteiger partial charge >= 0.3 is 6.03 Å². The van der Waals surface area contributed by atoms with Gasteiger partial charge in [-0.15, -0.1) is 0 Å². The largest absolute Gasteiger partial charge is 0.325 e. The highest BCUT2D eigenvalue weighted by Gasteiger charge is 2.50. The zero-order chi connectivity index (χ0) is 14.8.